The van der Waals surface area contributed by atoms with E-state index < -0.39 is 0 Å². The van der Waals surface area contributed by atoms with Crippen LogP contribution in [-0.4, -0.2) is 13.0 Å². The Kier molecular flexibility index (Phi) is 5.59. The molecule has 0 aliphatic heterocycles. The van der Waals surface area contributed by atoms with Gasteiger partial charge in [0.2, 0.25) is 5.91 Å². The first kappa shape index (κ1) is 16.1. The predicted molar refractivity (Wildman–Crippen MR) is 89.0 cm³/mol. The van der Waals surface area contributed by atoms with Crippen LogP contribution in [0.25, 0.3) is 0 Å². The van der Waals surface area contributed by atoms with Crippen molar-refractivity contribution in [1.29, 1.82) is 0 Å². The van der Waals surface area contributed by atoms with Gasteiger partial charge in [0.1, 0.15) is 5.75 Å². The number of carbonyl (C=O) groups excluding carboxylic acids is 1. The average Bonchev–Trinajstić information content (AvgIpc) is 2.56. The zero-order valence-corrected chi connectivity index (χ0v) is 13.4. The average molecular weight is 297 g/mol. The molecule has 0 unspecified atom stereocenters. The molecule has 2 aromatic carbocycles. The number of methoxy groups -OCH3 is 1. The number of hydrogen-bond acceptors (Lipinski definition) is 2. The van der Waals surface area contributed by atoms with Gasteiger partial charge in [0, 0.05) is 0 Å². The van der Waals surface area contributed by atoms with Gasteiger partial charge in [0.25, 0.3) is 0 Å². The highest BCUT2D eigenvalue weighted by Gasteiger charge is 2.20. The Bertz CT molecular complexity index is 610. The lowest BCUT2D eigenvalue weighted by molar-refractivity contribution is -0.123. The van der Waals surface area contributed by atoms with E-state index in [-0.39, 0.29) is 17.9 Å². The lowest BCUT2D eigenvalue weighted by Crippen LogP contribution is -2.31. The first-order valence-electron chi connectivity index (χ1n) is 7.65. The first-order valence-corrected chi connectivity index (χ1v) is 7.65. The molecular weight excluding hydrogens is 274 g/mol. The van der Waals surface area contributed by atoms with E-state index in [0.29, 0.717) is 0 Å². The summed E-state index contributed by atoms with van der Waals surface area (Å²) in [7, 11) is 1.64. The van der Waals surface area contributed by atoms with Gasteiger partial charge in [0.05, 0.1) is 19.1 Å². The van der Waals surface area contributed by atoms with Crippen molar-refractivity contribution in [1.82, 2.24) is 5.32 Å². The Labute approximate surface area is 132 Å². The maximum Gasteiger partial charge on any atom is 0.228 e. The molecule has 1 amide bonds. The van der Waals surface area contributed by atoms with E-state index in [1.54, 1.807) is 7.11 Å². The van der Waals surface area contributed by atoms with Crippen LogP contribution in [-0.2, 0) is 4.79 Å². The zero-order valence-electron chi connectivity index (χ0n) is 13.4. The fourth-order valence-corrected chi connectivity index (χ4v) is 2.57. The third kappa shape index (κ3) is 3.88. The van der Waals surface area contributed by atoms with Crippen LogP contribution in [0.1, 0.15) is 43.4 Å². The third-order valence-corrected chi connectivity index (χ3v) is 3.88. The fraction of sp³-hybridized carbons (Fsp3) is 0.316. The highest BCUT2D eigenvalue weighted by atomic mass is 16.5. The molecule has 2 atom stereocenters. The van der Waals surface area contributed by atoms with E-state index in [2.05, 4.69) is 5.32 Å². The van der Waals surface area contributed by atoms with E-state index in [1.165, 1.54) is 0 Å². The first-order chi connectivity index (χ1) is 10.7. The zero-order chi connectivity index (χ0) is 15.9. The lowest BCUT2D eigenvalue weighted by atomic mass is 9.95. The summed E-state index contributed by atoms with van der Waals surface area (Å²) >= 11 is 0. The molecule has 2 aromatic rings. The van der Waals surface area contributed by atoms with Crippen molar-refractivity contribution in [3.05, 3.63) is 65.7 Å². The van der Waals surface area contributed by atoms with Crippen LogP contribution < -0.4 is 10.1 Å². The van der Waals surface area contributed by atoms with Crippen molar-refractivity contribution >= 4 is 5.91 Å². The number of benzene rings is 2. The Balaban J connectivity index is 2.09. The molecule has 0 radical (unpaired) electrons. The van der Waals surface area contributed by atoms with Crippen LogP contribution in [0, 0.1) is 0 Å². The smallest absolute Gasteiger partial charge is 0.228 e. The molecule has 0 saturated carbocycles. The van der Waals surface area contributed by atoms with Crippen LogP contribution in [0.5, 0.6) is 5.75 Å². The maximum absolute atomic E-state index is 12.6. The normalized spacial score (nSPS) is 13.2. The molecule has 0 aromatic heterocycles. The molecule has 0 aliphatic rings. The number of nitrogens with one attached hydrogen (secondary N) is 1. The monoisotopic (exact) mass is 297 g/mol. The van der Waals surface area contributed by atoms with Crippen LogP contribution >= 0.6 is 0 Å². The van der Waals surface area contributed by atoms with Gasteiger partial charge in [0.15, 0.2) is 0 Å². The van der Waals surface area contributed by atoms with Gasteiger partial charge < -0.3 is 10.1 Å². The van der Waals surface area contributed by atoms with Gasteiger partial charge in [-0.25, -0.2) is 0 Å². The number of amides is 1. The van der Waals surface area contributed by atoms with Crippen molar-refractivity contribution in [2.75, 3.05) is 7.11 Å². The number of ether oxygens (including phenoxy) is 1. The van der Waals surface area contributed by atoms with Crippen LogP contribution in [0.2, 0.25) is 0 Å². The molecule has 116 valence electrons. The highest BCUT2D eigenvalue weighted by molar-refractivity contribution is 5.83. The predicted octanol–water partition coefficient (Wildman–Crippen LogP) is 4.07. The van der Waals surface area contributed by atoms with E-state index in [4.69, 9.17) is 4.74 Å². The summed E-state index contributed by atoms with van der Waals surface area (Å²) in [6.07, 6.45) is 0.778. The highest BCUT2D eigenvalue weighted by Crippen LogP contribution is 2.23. The van der Waals surface area contributed by atoms with E-state index in [1.807, 2.05) is 68.4 Å². The lowest BCUT2D eigenvalue weighted by Gasteiger charge is -2.20. The molecule has 0 fully saturated rings. The quantitative estimate of drug-likeness (QED) is 0.873. The SMILES string of the molecule is CC[C@H](C(=O)N[C@@H](C)c1cccc(OC)c1)c1ccccc1. The molecule has 2 rings (SSSR count). The summed E-state index contributed by atoms with van der Waals surface area (Å²) in [5.41, 5.74) is 2.09. The van der Waals surface area contributed by atoms with Crippen LogP contribution in [0.15, 0.2) is 54.6 Å². The molecule has 0 saturated heterocycles. The van der Waals surface area contributed by atoms with E-state index in [9.17, 15) is 4.79 Å². The minimum Gasteiger partial charge on any atom is -0.497 e. The molecule has 3 heteroatoms. The summed E-state index contributed by atoms with van der Waals surface area (Å²) in [5.74, 6) is 0.743. The molecule has 0 spiro atoms. The molecule has 22 heavy (non-hydrogen) atoms. The van der Waals surface area contributed by atoms with Gasteiger partial charge >= 0.3 is 0 Å². The fourth-order valence-electron chi connectivity index (χ4n) is 2.57. The minimum atomic E-state index is -0.116. The number of rotatable bonds is 6. The van der Waals surface area contributed by atoms with Crippen molar-refractivity contribution in [2.24, 2.45) is 0 Å². The second-order valence-corrected chi connectivity index (χ2v) is 5.38. The molecular formula is C19H23NO2. The molecule has 3 nitrogen and oxygen atoms in total. The van der Waals surface area contributed by atoms with Crippen molar-refractivity contribution in [3.8, 4) is 5.75 Å². The maximum atomic E-state index is 12.6. The van der Waals surface area contributed by atoms with Gasteiger partial charge in [-0.15, -0.1) is 0 Å². The van der Waals surface area contributed by atoms with Gasteiger partial charge in [-0.1, -0.05) is 49.4 Å². The molecule has 1 N–H and O–H groups in total. The van der Waals surface area contributed by atoms with Crippen LogP contribution in [0.4, 0.5) is 0 Å². The van der Waals surface area contributed by atoms with Crippen molar-refractivity contribution in [3.63, 3.8) is 0 Å². The topological polar surface area (TPSA) is 38.3 Å². The summed E-state index contributed by atoms with van der Waals surface area (Å²) in [6.45, 7) is 4.03. The Morgan fingerprint density at radius 2 is 1.77 bits per heavy atom. The second-order valence-electron chi connectivity index (χ2n) is 5.38. The van der Waals surface area contributed by atoms with E-state index >= 15 is 0 Å². The second kappa shape index (κ2) is 7.64. The van der Waals surface area contributed by atoms with Gasteiger partial charge in [-0.05, 0) is 36.6 Å². The number of hydrogen-bond donors (Lipinski definition) is 1. The number of carbonyl (C=O) groups is 1. The standard InChI is InChI=1S/C19H23NO2/c1-4-18(15-9-6-5-7-10-15)19(21)20-14(2)16-11-8-12-17(13-16)22-3/h5-14,18H,4H2,1-3H3,(H,20,21)/t14-,18-/m0/s1. The summed E-state index contributed by atoms with van der Waals surface area (Å²) in [5, 5.41) is 3.10. The molecule has 0 heterocycles. The minimum absolute atomic E-state index is 0.0552. The molecule has 0 aliphatic carbocycles. The van der Waals surface area contributed by atoms with E-state index in [0.717, 1.165) is 23.3 Å². The van der Waals surface area contributed by atoms with Crippen molar-refractivity contribution in [2.45, 2.75) is 32.2 Å². The Hall–Kier alpha value is -2.29. The van der Waals surface area contributed by atoms with Gasteiger partial charge in [-0.2, -0.15) is 0 Å². The summed E-state index contributed by atoms with van der Waals surface area (Å²) < 4.78 is 5.24. The summed E-state index contributed by atoms with van der Waals surface area (Å²) in [4.78, 5) is 12.6. The van der Waals surface area contributed by atoms with Gasteiger partial charge in [-0.3, -0.25) is 4.79 Å². The molecule has 0 bridgehead atoms. The Morgan fingerprint density at radius 3 is 2.41 bits per heavy atom. The largest absolute Gasteiger partial charge is 0.497 e. The summed E-state index contributed by atoms with van der Waals surface area (Å²) in [6, 6.07) is 17.6. The van der Waals surface area contributed by atoms with Crippen molar-refractivity contribution < 1.29 is 9.53 Å². The Morgan fingerprint density at radius 1 is 1.09 bits per heavy atom. The van der Waals surface area contributed by atoms with Crippen LogP contribution in [0.3, 0.4) is 0 Å². The third-order valence-electron chi connectivity index (χ3n) is 3.88.